The minimum absolute atomic E-state index is 0.00702. The Labute approximate surface area is 118 Å². The number of carbonyl (C=O) groups is 2. The molecule has 2 rings (SSSR count). The van der Waals surface area contributed by atoms with Crippen LogP contribution in [0, 0.1) is 0 Å². The molecule has 0 radical (unpaired) electrons. The first kappa shape index (κ1) is 14.5. The van der Waals surface area contributed by atoms with Crippen molar-refractivity contribution in [2.24, 2.45) is 0 Å². The van der Waals surface area contributed by atoms with Crippen LogP contribution in [0.15, 0.2) is 30.3 Å². The van der Waals surface area contributed by atoms with Crippen LogP contribution in [0.25, 0.3) is 0 Å². The Bertz CT molecular complexity index is 456. The maximum absolute atomic E-state index is 11.8. The first-order valence-corrected chi connectivity index (χ1v) is 6.84. The molecule has 6 nitrogen and oxygen atoms in total. The van der Waals surface area contributed by atoms with Crippen molar-refractivity contribution in [1.82, 2.24) is 15.8 Å². The van der Waals surface area contributed by atoms with Gasteiger partial charge < -0.3 is 10.2 Å². The molecule has 0 aromatic heterocycles. The highest BCUT2D eigenvalue weighted by molar-refractivity contribution is 5.96. The second kappa shape index (κ2) is 7.02. The zero-order valence-corrected chi connectivity index (χ0v) is 11.7. The van der Waals surface area contributed by atoms with E-state index in [1.807, 2.05) is 11.1 Å². The highest BCUT2D eigenvalue weighted by Crippen LogP contribution is 1.97. The van der Waals surface area contributed by atoms with Crippen LogP contribution in [0.1, 0.15) is 10.4 Å². The first-order valence-electron chi connectivity index (χ1n) is 6.84. The van der Waals surface area contributed by atoms with Crippen LogP contribution in [0.2, 0.25) is 0 Å². The normalized spacial score (nSPS) is 16.6. The summed E-state index contributed by atoms with van der Waals surface area (Å²) in [6, 6.07) is 8.87. The van der Waals surface area contributed by atoms with E-state index in [0.717, 1.165) is 26.2 Å². The lowest BCUT2D eigenvalue weighted by Gasteiger charge is -2.30. The second-order valence-corrected chi connectivity index (χ2v) is 5.03. The Kier molecular flexibility index (Phi) is 5.09. The molecule has 3 N–H and O–H groups in total. The molecule has 0 unspecified atom stereocenters. The molecule has 108 valence electrons. The van der Waals surface area contributed by atoms with Gasteiger partial charge in [-0.1, -0.05) is 18.2 Å². The molecule has 0 bridgehead atoms. The summed E-state index contributed by atoms with van der Waals surface area (Å²) in [6.45, 7) is 3.69. The fourth-order valence-electron chi connectivity index (χ4n) is 2.07. The summed E-state index contributed by atoms with van der Waals surface area (Å²) in [5, 5.41) is 4.52. The average molecular weight is 277 g/mol. The summed E-state index contributed by atoms with van der Waals surface area (Å²) in [4.78, 5) is 25.0. The van der Waals surface area contributed by atoms with Gasteiger partial charge in [0.2, 0.25) is 0 Å². The van der Waals surface area contributed by atoms with Gasteiger partial charge in [-0.05, 0) is 12.1 Å². The SMILES string of the molecule is C[NH+]1CCN(NC(=O)CNC(=O)c2ccccc2)CC1. The van der Waals surface area contributed by atoms with Gasteiger partial charge >= 0.3 is 0 Å². The number of hydrogen-bond acceptors (Lipinski definition) is 3. The highest BCUT2D eigenvalue weighted by Gasteiger charge is 2.18. The molecule has 1 aromatic rings. The quantitative estimate of drug-likeness (QED) is 0.613. The third-order valence-electron chi connectivity index (χ3n) is 3.35. The van der Waals surface area contributed by atoms with E-state index < -0.39 is 0 Å². The van der Waals surface area contributed by atoms with E-state index in [-0.39, 0.29) is 18.4 Å². The Balaban J connectivity index is 1.71. The molecule has 20 heavy (non-hydrogen) atoms. The Hall–Kier alpha value is -1.92. The minimum atomic E-state index is -0.233. The molecule has 2 amide bonds. The topological polar surface area (TPSA) is 65.9 Å². The summed E-state index contributed by atoms with van der Waals surface area (Å²) in [5.41, 5.74) is 3.37. The van der Waals surface area contributed by atoms with Gasteiger partial charge in [-0.15, -0.1) is 0 Å². The maximum Gasteiger partial charge on any atom is 0.253 e. The molecular formula is C14H21N4O2+. The monoisotopic (exact) mass is 277 g/mol. The molecule has 1 aromatic carbocycles. The van der Waals surface area contributed by atoms with Crippen LogP contribution in [-0.2, 0) is 4.79 Å². The van der Waals surface area contributed by atoms with E-state index in [2.05, 4.69) is 17.8 Å². The van der Waals surface area contributed by atoms with Gasteiger partial charge in [0.15, 0.2) is 0 Å². The van der Waals surface area contributed by atoms with E-state index in [4.69, 9.17) is 0 Å². The molecule has 0 aliphatic carbocycles. The Morgan fingerprint density at radius 2 is 1.85 bits per heavy atom. The third kappa shape index (κ3) is 4.32. The third-order valence-corrected chi connectivity index (χ3v) is 3.35. The summed E-state index contributed by atoms with van der Waals surface area (Å²) in [5.74, 6) is -0.419. The zero-order chi connectivity index (χ0) is 14.4. The molecule has 6 heteroatoms. The van der Waals surface area contributed by atoms with Gasteiger partial charge in [-0.25, -0.2) is 5.01 Å². The molecule has 1 aliphatic heterocycles. The van der Waals surface area contributed by atoms with Crippen molar-refractivity contribution in [3.8, 4) is 0 Å². The number of piperazine rings is 1. The van der Waals surface area contributed by atoms with E-state index in [0.29, 0.717) is 5.56 Å². The number of quaternary nitrogens is 1. The largest absolute Gasteiger partial charge is 0.343 e. The van der Waals surface area contributed by atoms with E-state index in [1.165, 1.54) is 4.90 Å². The molecule has 0 atom stereocenters. The van der Waals surface area contributed by atoms with Crippen molar-refractivity contribution < 1.29 is 14.5 Å². The van der Waals surface area contributed by atoms with Crippen LogP contribution in [0.3, 0.4) is 0 Å². The van der Waals surface area contributed by atoms with Gasteiger partial charge in [-0.3, -0.25) is 15.0 Å². The molecule has 0 saturated carbocycles. The maximum atomic E-state index is 11.8. The van der Waals surface area contributed by atoms with E-state index in [1.54, 1.807) is 24.3 Å². The van der Waals surface area contributed by atoms with Crippen LogP contribution >= 0.6 is 0 Å². The number of hydrogen-bond donors (Lipinski definition) is 3. The van der Waals surface area contributed by atoms with Crippen LogP contribution < -0.4 is 15.6 Å². The lowest BCUT2D eigenvalue weighted by Crippen LogP contribution is -3.12. The van der Waals surface area contributed by atoms with Gasteiger partial charge in [0.1, 0.15) is 0 Å². The van der Waals surface area contributed by atoms with Crippen molar-refractivity contribution in [1.29, 1.82) is 0 Å². The van der Waals surface area contributed by atoms with Crippen LogP contribution in [-0.4, -0.2) is 56.6 Å². The first-order chi connectivity index (χ1) is 9.65. The van der Waals surface area contributed by atoms with Gasteiger partial charge in [0, 0.05) is 5.56 Å². The highest BCUT2D eigenvalue weighted by atomic mass is 16.2. The lowest BCUT2D eigenvalue weighted by atomic mass is 10.2. The lowest BCUT2D eigenvalue weighted by molar-refractivity contribution is -0.884. The fourth-order valence-corrected chi connectivity index (χ4v) is 2.07. The van der Waals surface area contributed by atoms with Crippen LogP contribution in [0.4, 0.5) is 0 Å². The number of amides is 2. The van der Waals surface area contributed by atoms with Gasteiger partial charge in [-0.2, -0.15) is 0 Å². The van der Waals surface area contributed by atoms with Crippen molar-refractivity contribution in [3.05, 3.63) is 35.9 Å². The number of nitrogens with zero attached hydrogens (tertiary/aromatic N) is 1. The van der Waals surface area contributed by atoms with Crippen molar-refractivity contribution in [3.63, 3.8) is 0 Å². The summed E-state index contributed by atoms with van der Waals surface area (Å²) in [6.07, 6.45) is 0. The molecular weight excluding hydrogens is 256 g/mol. The molecule has 1 heterocycles. The van der Waals surface area contributed by atoms with Crippen molar-refractivity contribution >= 4 is 11.8 Å². The predicted molar refractivity (Wildman–Crippen MR) is 75.1 cm³/mol. The number of hydrazine groups is 1. The molecule has 0 spiro atoms. The molecule has 1 saturated heterocycles. The number of benzene rings is 1. The number of carbonyl (C=O) groups excluding carboxylic acids is 2. The fraction of sp³-hybridized carbons (Fsp3) is 0.429. The zero-order valence-electron chi connectivity index (χ0n) is 11.7. The van der Waals surface area contributed by atoms with Gasteiger partial charge in [0.25, 0.3) is 11.8 Å². The standard InChI is InChI=1S/C14H20N4O2/c1-17-7-9-18(10-8-17)16-13(19)11-15-14(20)12-5-3-2-4-6-12/h2-6H,7-11H2,1H3,(H,15,20)(H,16,19)/p+1. The Morgan fingerprint density at radius 1 is 1.20 bits per heavy atom. The minimum Gasteiger partial charge on any atom is -0.343 e. The van der Waals surface area contributed by atoms with Crippen LogP contribution in [0.5, 0.6) is 0 Å². The van der Waals surface area contributed by atoms with Crippen molar-refractivity contribution in [2.45, 2.75) is 0 Å². The number of nitrogens with one attached hydrogen (secondary N) is 3. The van der Waals surface area contributed by atoms with Crippen molar-refractivity contribution in [2.75, 3.05) is 39.8 Å². The summed E-state index contributed by atoms with van der Waals surface area (Å²) in [7, 11) is 2.14. The molecule has 1 fully saturated rings. The summed E-state index contributed by atoms with van der Waals surface area (Å²) >= 11 is 0. The number of likely N-dealkylation sites (N-methyl/N-ethyl adjacent to an activating group) is 1. The predicted octanol–water partition coefficient (Wildman–Crippen LogP) is -1.72. The second-order valence-electron chi connectivity index (χ2n) is 5.03. The Morgan fingerprint density at radius 3 is 2.50 bits per heavy atom. The number of rotatable bonds is 4. The molecule has 1 aliphatic rings. The average Bonchev–Trinajstić information content (AvgIpc) is 2.48. The van der Waals surface area contributed by atoms with E-state index in [9.17, 15) is 9.59 Å². The van der Waals surface area contributed by atoms with Gasteiger partial charge in [0.05, 0.1) is 39.8 Å². The smallest absolute Gasteiger partial charge is 0.253 e. The van der Waals surface area contributed by atoms with E-state index >= 15 is 0 Å². The summed E-state index contributed by atoms with van der Waals surface area (Å²) < 4.78 is 0.